The van der Waals surface area contributed by atoms with Crippen LogP contribution in [0.1, 0.15) is 13.3 Å². The van der Waals surface area contributed by atoms with Gasteiger partial charge in [0, 0.05) is 24.2 Å². The molecule has 2 aromatic rings. The first-order valence-corrected chi connectivity index (χ1v) is 6.89. The number of hydrogen-bond donors (Lipinski definition) is 1. The normalized spacial score (nSPS) is 24.5. The maximum absolute atomic E-state index is 4.59. The molecule has 1 N–H and O–H groups in total. The standard InChI is InChI=1S/C15H20N4/c1-11-10-19(2)8-7-13(11)17-15-16-9-12-5-3-4-6-14(12)18-15/h3-6,9,11,13H,7-8,10H2,1-2H3,(H,16,17,18). The molecular weight excluding hydrogens is 236 g/mol. The molecule has 0 spiro atoms. The lowest BCUT2D eigenvalue weighted by atomic mass is 9.94. The number of nitrogens with one attached hydrogen (secondary N) is 1. The van der Waals surface area contributed by atoms with Crippen molar-refractivity contribution >= 4 is 16.9 Å². The number of nitrogens with zero attached hydrogens (tertiary/aromatic N) is 3. The minimum atomic E-state index is 0.470. The van der Waals surface area contributed by atoms with E-state index in [1.54, 1.807) is 0 Å². The Kier molecular flexibility index (Phi) is 3.34. The monoisotopic (exact) mass is 256 g/mol. The summed E-state index contributed by atoms with van der Waals surface area (Å²) in [5.41, 5.74) is 1.00. The summed E-state index contributed by atoms with van der Waals surface area (Å²) in [6, 6.07) is 8.56. The summed E-state index contributed by atoms with van der Waals surface area (Å²) in [4.78, 5) is 11.4. The van der Waals surface area contributed by atoms with Gasteiger partial charge in [-0.25, -0.2) is 9.97 Å². The minimum absolute atomic E-state index is 0.470. The van der Waals surface area contributed by atoms with Gasteiger partial charge in [-0.3, -0.25) is 0 Å². The van der Waals surface area contributed by atoms with E-state index in [9.17, 15) is 0 Å². The zero-order chi connectivity index (χ0) is 13.2. The molecule has 2 atom stereocenters. The van der Waals surface area contributed by atoms with Crippen molar-refractivity contribution in [2.75, 3.05) is 25.5 Å². The second-order valence-corrected chi connectivity index (χ2v) is 5.53. The quantitative estimate of drug-likeness (QED) is 0.895. The molecule has 1 aliphatic heterocycles. The molecule has 1 saturated heterocycles. The Hall–Kier alpha value is -1.68. The van der Waals surface area contributed by atoms with Crippen LogP contribution >= 0.6 is 0 Å². The number of hydrogen-bond acceptors (Lipinski definition) is 4. The smallest absolute Gasteiger partial charge is 0.223 e. The van der Waals surface area contributed by atoms with Gasteiger partial charge in [0.15, 0.2) is 0 Å². The maximum Gasteiger partial charge on any atom is 0.223 e. The highest BCUT2D eigenvalue weighted by molar-refractivity contribution is 5.78. The van der Waals surface area contributed by atoms with Crippen LogP contribution in [0.2, 0.25) is 0 Å². The molecule has 0 bridgehead atoms. The van der Waals surface area contributed by atoms with E-state index in [1.807, 2.05) is 30.5 Å². The average molecular weight is 256 g/mol. The number of rotatable bonds is 2. The summed E-state index contributed by atoms with van der Waals surface area (Å²) in [5, 5.41) is 4.58. The summed E-state index contributed by atoms with van der Waals surface area (Å²) in [7, 11) is 2.18. The molecule has 100 valence electrons. The molecule has 4 heteroatoms. The van der Waals surface area contributed by atoms with Gasteiger partial charge < -0.3 is 10.2 Å². The van der Waals surface area contributed by atoms with Crippen molar-refractivity contribution in [2.24, 2.45) is 5.92 Å². The first-order valence-electron chi connectivity index (χ1n) is 6.89. The van der Waals surface area contributed by atoms with Gasteiger partial charge in [-0.15, -0.1) is 0 Å². The molecule has 0 saturated carbocycles. The highest BCUT2D eigenvalue weighted by atomic mass is 15.2. The van der Waals surface area contributed by atoms with Crippen molar-refractivity contribution in [2.45, 2.75) is 19.4 Å². The molecule has 0 aliphatic carbocycles. The molecule has 0 amide bonds. The van der Waals surface area contributed by atoms with E-state index in [2.05, 4.69) is 34.2 Å². The fourth-order valence-electron chi connectivity index (χ4n) is 2.78. The van der Waals surface area contributed by atoms with E-state index in [4.69, 9.17) is 0 Å². The van der Waals surface area contributed by atoms with E-state index < -0.39 is 0 Å². The van der Waals surface area contributed by atoms with Gasteiger partial charge in [0.25, 0.3) is 0 Å². The van der Waals surface area contributed by atoms with E-state index in [1.165, 1.54) is 0 Å². The highest BCUT2D eigenvalue weighted by Gasteiger charge is 2.24. The Labute approximate surface area is 113 Å². The molecule has 3 rings (SSSR count). The van der Waals surface area contributed by atoms with Gasteiger partial charge in [0.05, 0.1) is 5.52 Å². The van der Waals surface area contributed by atoms with Crippen LogP contribution in [0.5, 0.6) is 0 Å². The lowest BCUT2D eigenvalue weighted by Gasteiger charge is -2.35. The van der Waals surface area contributed by atoms with Crippen LogP contribution in [0.15, 0.2) is 30.5 Å². The molecule has 4 nitrogen and oxygen atoms in total. The number of piperidine rings is 1. The van der Waals surface area contributed by atoms with Crippen molar-refractivity contribution in [1.82, 2.24) is 14.9 Å². The van der Waals surface area contributed by atoms with Gasteiger partial charge in [0.2, 0.25) is 5.95 Å². The zero-order valence-corrected chi connectivity index (χ0v) is 11.5. The second-order valence-electron chi connectivity index (χ2n) is 5.53. The van der Waals surface area contributed by atoms with Crippen LogP contribution in [-0.2, 0) is 0 Å². The number of aromatic nitrogens is 2. The zero-order valence-electron chi connectivity index (χ0n) is 11.5. The number of fused-ring (bicyclic) bond motifs is 1. The SMILES string of the molecule is CC1CN(C)CCC1Nc1ncc2ccccc2n1. The van der Waals surface area contributed by atoms with Crippen LogP contribution in [0.25, 0.3) is 10.9 Å². The van der Waals surface area contributed by atoms with E-state index in [0.717, 1.165) is 36.4 Å². The van der Waals surface area contributed by atoms with Crippen molar-refractivity contribution in [3.05, 3.63) is 30.5 Å². The Morgan fingerprint density at radius 1 is 1.32 bits per heavy atom. The molecule has 1 aromatic heterocycles. The molecule has 1 aliphatic rings. The van der Waals surface area contributed by atoms with E-state index in [0.29, 0.717) is 12.0 Å². The third-order valence-electron chi connectivity index (χ3n) is 3.91. The fourth-order valence-corrected chi connectivity index (χ4v) is 2.78. The fraction of sp³-hybridized carbons (Fsp3) is 0.467. The molecule has 0 radical (unpaired) electrons. The number of benzene rings is 1. The Morgan fingerprint density at radius 2 is 2.16 bits per heavy atom. The molecule has 2 unspecified atom stereocenters. The first-order chi connectivity index (χ1) is 9.22. The summed E-state index contributed by atoms with van der Waals surface area (Å²) in [5.74, 6) is 1.37. The van der Waals surface area contributed by atoms with Gasteiger partial charge >= 0.3 is 0 Å². The largest absolute Gasteiger partial charge is 0.351 e. The maximum atomic E-state index is 4.59. The molecule has 1 aromatic carbocycles. The molecule has 1 fully saturated rings. The Bertz CT molecular complexity index is 569. The average Bonchev–Trinajstić information content (AvgIpc) is 2.42. The van der Waals surface area contributed by atoms with Crippen LogP contribution in [0.4, 0.5) is 5.95 Å². The lowest BCUT2D eigenvalue weighted by molar-refractivity contribution is 0.206. The second kappa shape index (κ2) is 5.13. The van der Waals surface area contributed by atoms with Crippen LogP contribution < -0.4 is 5.32 Å². The van der Waals surface area contributed by atoms with Crippen molar-refractivity contribution in [3.63, 3.8) is 0 Å². The Morgan fingerprint density at radius 3 is 3.00 bits per heavy atom. The predicted octanol–water partition coefficient (Wildman–Crippen LogP) is 2.38. The highest BCUT2D eigenvalue weighted by Crippen LogP contribution is 2.19. The third-order valence-corrected chi connectivity index (χ3v) is 3.91. The lowest BCUT2D eigenvalue weighted by Crippen LogP contribution is -2.43. The van der Waals surface area contributed by atoms with Crippen molar-refractivity contribution in [1.29, 1.82) is 0 Å². The minimum Gasteiger partial charge on any atom is -0.351 e. The van der Waals surface area contributed by atoms with Gasteiger partial charge in [-0.05, 0) is 32.0 Å². The molecule has 2 heterocycles. The predicted molar refractivity (Wildman–Crippen MR) is 78.2 cm³/mol. The number of anilines is 1. The first kappa shape index (κ1) is 12.4. The van der Waals surface area contributed by atoms with Crippen LogP contribution in [-0.4, -0.2) is 41.0 Å². The Balaban J connectivity index is 1.77. The molecule has 19 heavy (non-hydrogen) atoms. The van der Waals surface area contributed by atoms with Crippen LogP contribution in [0.3, 0.4) is 0 Å². The summed E-state index contributed by atoms with van der Waals surface area (Å²) < 4.78 is 0. The summed E-state index contributed by atoms with van der Waals surface area (Å²) >= 11 is 0. The van der Waals surface area contributed by atoms with Gasteiger partial charge in [-0.1, -0.05) is 25.1 Å². The van der Waals surface area contributed by atoms with Crippen molar-refractivity contribution in [3.8, 4) is 0 Å². The number of para-hydroxylation sites is 1. The van der Waals surface area contributed by atoms with Crippen molar-refractivity contribution < 1.29 is 0 Å². The summed E-state index contributed by atoms with van der Waals surface area (Å²) in [6.07, 6.45) is 3.04. The van der Waals surface area contributed by atoms with Crippen LogP contribution in [0, 0.1) is 5.92 Å². The topological polar surface area (TPSA) is 41.0 Å². The summed E-state index contributed by atoms with van der Waals surface area (Å²) in [6.45, 7) is 4.55. The van der Waals surface area contributed by atoms with E-state index in [-0.39, 0.29) is 0 Å². The van der Waals surface area contributed by atoms with Gasteiger partial charge in [0.1, 0.15) is 0 Å². The van der Waals surface area contributed by atoms with Gasteiger partial charge in [-0.2, -0.15) is 0 Å². The van der Waals surface area contributed by atoms with E-state index >= 15 is 0 Å². The molecular formula is C15H20N4. The number of likely N-dealkylation sites (tertiary alicyclic amines) is 1. The third kappa shape index (κ3) is 2.68.